The van der Waals surface area contributed by atoms with Gasteiger partial charge in [0.25, 0.3) is 0 Å². The number of rotatable bonds is 4. The molecule has 0 radical (unpaired) electrons. The SMILES string of the molecule is C/C=C\N=CC1=NC(CC(C)C)=C=CC=C1N. The first-order chi connectivity index (χ1) is 8.13. The van der Waals surface area contributed by atoms with Crippen molar-refractivity contribution in [3.8, 4) is 0 Å². The summed E-state index contributed by atoms with van der Waals surface area (Å²) in [6.07, 6.45) is 9.74. The van der Waals surface area contributed by atoms with Crippen molar-refractivity contribution >= 4 is 11.9 Å². The minimum atomic E-state index is 0.544. The third-order valence-electron chi connectivity index (χ3n) is 2.10. The van der Waals surface area contributed by atoms with E-state index < -0.39 is 0 Å². The van der Waals surface area contributed by atoms with E-state index in [2.05, 4.69) is 29.6 Å². The van der Waals surface area contributed by atoms with Crippen LogP contribution in [0.1, 0.15) is 27.2 Å². The van der Waals surface area contributed by atoms with Gasteiger partial charge in [-0.2, -0.15) is 0 Å². The van der Waals surface area contributed by atoms with Crippen LogP contribution in [0.3, 0.4) is 0 Å². The molecular formula is C14H19N3. The summed E-state index contributed by atoms with van der Waals surface area (Å²) in [5.41, 5.74) is 11.2. The molecule has 0 aromatic carbocycles. The van der Waals surface area contributed by atoms with Crippen LogP contribution in [0, 0.1) is 5.92 Å². The highest BCUT2D eigenvalue weighted by molar-refractivity contribution is 6.38. The van der Waals surface area contributed by atoms with Crippen molar-refractivity contribution in [3.63, 3.8) is 0 Å². The van der Waals surface area contributed by atoms with Crippen molar-refractivity contribution in [2.75, 3.05) is 0 Å². The van der Waals surface area contributed by atoms with E-state index in [1.165, 1.54) is 0 Å². The van der Waals surface area contributed by atoms with E-state index in [1.54, 1.807) is 18.5 Å². The summed E-state index contributed by atoms with van der Waals surface area (Å²) >= 11 is 0. The average Bonchev–Trinajstić information content (AvgIpc) is 2.41. The van der Waals surface area contributed by atoms with Gasteiger partial charge in [0.05, 0.1) is 17.6 Å². The molecule has 0 unspecified atom stereocenters. The first-order valence-corrected chi connectivity index (χ1v) is 5.78. The van der Waals surface area contributed by atoms with Crippen molar-refractivity contribution < 1.29 is 0 Å². The summed E-state index contributed by atoms with van der Waals surface area (Å²) in [5.74, 6) is 0.544. The van der Waals surface area contributed by atoms with Gasteiger partial charge in [-0.05, 0) is 31.4 Å². The molecule has 17 heavy (non-hydrogen) atoms. The molecule has 0 saturated carbocycles. The first-order valence-electron chi connectivity index (χ1n) is 5.78. The molecule has 90 valence electrons. The Morgan fingerprint density at radius 1 is 1.53 bits per heavy atom. The Labute approximate surface area is 103 Å². The molecule has 1 heterocycles. The van der Waals surface area contributed by atoms with Gasteiger partial charge in [-0.15, -0.1) is 0 Å². The molecule has 0 spiro atoms. The average molecular weight is 229 g/mol. The topological polar surface area (TPSA) is 50.7 Å². The number of allylic oxidation sites excluding steroid dienone is 4. The molecular weight excluding hydrogens is 210 g/mol. The van der Waals surface area contributed by atoms with Gasteiger partial charge in [-0.1, -0.05) is 25.7 Å². The molecule has 0 bridgehead atoms. The van der Waals surface area contributed by atoms with E-state index in [-0.39, 0.29) is 0 Å². The van der Waals surface area contributed by atoms with Gasteiger partial charge in [-0.3, -0.25) is 4.99 Å². The molecule has 0 aliphatic carbocycles. The standard InChI is InChI=1S/C14H19N3/c1-4-8-16-10-14-13(15)7-5-6-12(17-14)9-11(2)3/h4-5,7-8,10-11H,9,15H2,1-3H3/b8-4-,16-10?. The van der Waals surface area contributed by atoms with Gasteiger partial charge in [-0.25, -0.2) is 4.99 Å². The molecule has 0 aromatic rings. The molecule has 0 aromatic heterocycles. The van der Waals surface area contributed by atoms with Crippen LogP contribution in [0.15, 0.2) is 51.5 Å². The second-order valence-electron chi connectivity index (χ2n) is 4.24. The lowest BCUT2D eigenvalue weighted by atomic mass is 10.1. The van der Waals surface area contributed by atoms with E-state index >= 15 is 0 Å². The number of aliphatic imine (C=N–C) groups is 2. The minimum absolute atomic E-state index is 0.544. The Morgan fingerprint density at radius 3 is 2.94 bits per heavy atom. The van der Waals surface area contributed by atoms with Crippen LogP contribution >= 0.6 is 0 Å². The lowest BCUT2D eigenvalue weighted by Gasteiger charge is -2.04. The number of hydrogen-bond donors (Lipinski definition) is 1. The lowest BCUT2D eigenvalue weighted by molar-refractivity contribution is 0.639. The second kappa shape index (κ2) is 6.66. The summed E-state index contributed by atoms with van der Waals surface area (Å²) in [6, 6.07) is 0. The molecule has 1 aliphatic heterocycles. The Hall–Kier alpha value is -1.86. The summed E-state index contributed by atoms with van der Waals surface area (Å²) in [4.78, 5) is 8.59. The molecule has 1 aliphatic rings. The molecule has 0 saturated heterocycles. The van der Waals surface area contributed by atoms with E-state index in [0.717, 1.165) is 12.1 Å². The van der Waals surface area contributed by atoms with Crippen molar-refractivity contribution in [1.29, 1.82) is 0 Å². The summed E-state index contributed by atoms with van der Waals surface area (Å²) in [5, 5.41) is 0. The Morgan fingerprint density at radius 2 is 2.29 bits per heavy atom. The highest BCUT2D eigenvalue weighted by Gasteiger charge is 2.05. The Kier molecular flexibility index (Phi) is 5.18. The predicted molar refractivity (Wildman–Crippen MR) is 74.1 cm³/mol. The molecule has 3 nitrogen and oxygen atoms in total. The highest BCUT2D eigenvalue weighted by Crippen LogP contribution is 2.13. The molecule has 0 atom stereocenters. The van der Waals surface area contributed by atoms with Gasteiger partial charge < -0.3 is 5.73 Å². The van der Waals surface area contributed by atoms with Gasteiger partial charge in [0.1, 0.15) is 5.71 Å². The van der Waals surface area contributed by atoms with Gasteiger partial charge in [0.15, 0.2) is 0 Å². The highest BCUT2D eigenvalue weighted by atomic mass is 14.8. The van der Waals surface area contributed by atoms with E-state index in [0.29, 0.717) is 17.3 Å². The van der Waals surface area contributed by atoms with Crippen LogP contribution in [-0.4, -0.2) is 11.9 Å². The third-order valence-corrected chi connectivity index (χ3v) is 2.10. The smallest absolute Gasteiger partial charge is 0.105 e. The molecule has 0 amide bonds. The molecule has 2 N–H and O–H groups in total. The lowest BCUT2D eigenvalue weighted by Crippen LogP contribution is -2.12. The first kappa shape index (κ1) is 13.2. The minimum Gasteiger partial charge on any atom is -0.397 e. The summed E-state index contributed by atoms with van der Waals surface area (Å²) in [6.45, 7) is 6.22. The zero-order valence-corrected chi connectivity index (χ0v) is 10.6. The van der Waals surface area contributed by atoms with E-state index in [9.17, 15) is 0 Å². The van der Waals surface area contributed by atoms with Crippen LogP contribution in [0.25, 0.3) is 0 Å². The van der Waals surface area contributed by atoms with Crippen LogP contribution < -0.4 is 5.73 Å². The van der Waals surface area contributed by atoms with Crippen LogP contribution in [0.4, 0.5) is 0 Å². The van der Waals surface area contributed by atoms with Gasteiger partial charge in [0.2, 0.25) is 0 Å². The van der Waals surface area contributed by atoms with Gasteiger partial charge >= 0.3 is 0 Å². The Balaban J connectivity index is 2.94. The van der Waals surface area contributed by atoms with Crippen molar-refractivity contribution in [1.82, 2.24) is 0 Å². The number of nitrogens with two attached hydrogens (primary N) is 1. The maximum Gasteiger partial charge on any atom is 0.105 e. The molecule has 0 fully saturated rings. The third kappa shape index (κ3) is 4.66. The summed E-state index contributed by atoms with van der Waals surface area (Å²) in [7, 11) is 0. The quantitative estimate of drug-likeness (QED) is 0.584. The van der Waals surface area contributed by atoms with E-state index in [1.807, 2.05) is 19.1 Å². The van der Waals surface area contributed by atoms with Crippen molar-refractivity contribution in [2.24, 2.45) is 21.6 Å². The molecule has 3 heteroatoms. The number of hydrogen-bond acceptors (Lipinski definition) is 3. The normalized spacial score (nSPS) is 16.4. The van der Waals surface area contributed by atoms with Crippen LogP contribution in [0.2, 0.25) is 0 Å². The predicted octanol–water partition coefficient (Wildman–Crippen LogP) is 2.97. The maximum absolute atomic E-state index is 5.88. The number of nitrogens with zero attached hydrogens (tertiary/aromatic N) is 2. The van der Waals surface area contributed by atoms with Crippen molar-refractivity contribution in [3.05, 3.63) is 41.6 Å². The summed E-state index contributed by atoms with van der Waals surface area (Å²) < 4.78 is 0. The fourth-order valence-electron chi connectivity index (χ4n) is 1.35. The zero-order chi connectivity index (χ0) is 12.7. The van der Waals surface area contributed by atoms with Crippen LogP contribution in [-0.2, 0) is 0 Å². The monoisotopic (exact) mass is 229 g/mol. The second-order valence-corrected chi connectivity index (χ2v) is 4.24. The maximum atomic E-state index is 5.88. The fourth-order valence-corrected chi connectivity index (χ4v) is 1.35. The largest absolute Gasteiger partial charge is 0.397 e. The zero-order valence-electron chi connectivity index (χ0n) is 10.6. The van der Waals surface area contributed by atoms with E-state index in [4.69, 9.17) is 5.73 Å². The Bertz CT molecular complexity index is 442. The van der Waals surface area contributed by atoms with Crippen LogP contribution in [0.5, 0.6) is 0 Å². The molecule has 1 rings (SSSR count). The fraction of sp³-hybridized carbons (Fsp3) is 0.357. The van der Waals surface area contributed by atoms with Gasteiger partial charge in [0, 0.05) is 6.20 Å². The van der Waals surface area contributed by atoms with Crippen molar-refractivity contribution in [2.45, 2.75) is 27.2 Å².